The Labute approximate surface area is 114 Å². The Morgan fingerprint density at radius 2 is 2.00 bits per heavy atom. The molecule has 0 amide bonds. The second-order valence-electron chi connectivity index (χ2n) is 5.17. The predicted octanol–water partition coefficient (Wildman–Crippen LogP) is 1.54. The smallest absolute Gasteiger partial charge is 0.258 e. The summed E-state index contributed by atoms with van der Waals surface area (Å²) >= 11 is 0. The summed E-state index contributed by atoms with van der Waals surface area (Å²) in [6, 6.07) is 8.22. The molecule has 1 aliphatic heterocycles. The maximum absolute atomic E-state index is 4.48. The number of pyridine rings is 2. The minimum absolute atomic E-state index is 0.826. The standard InChI is InChI=1S/C15H12N5/c1-18-14-12(5-3-7-17-14)20-9-13-10-4-2-6-16-11(10)8-19(13)15(18)20/h2-7,9H,8H2,1H3/q+1. The van der Waals surface area contributed by atoms with Crippen molar-refractivity contribution in [2.45, 2.75) is 6.54 Å². The summed E-state index contributed by atoms with van der Waals surface area (Å²) in [5.74, 6) is 1.15. The molecule has 0 bridgehead atoms. The van der Waals surface area contributed by atoms with Crippen molar-refractivity contribution in [3.63, 3.8) is 0 Å². The van der Waals surface area contributed by atoms with Crippen LogP contribution in [0.25, 0.3) is 28.2 Å². The Kier molecular flexibility index (Phi) is 1.65. The minimum Gasteiger partial charge on any atom is -0.258 e. The average molecular weight is 262 g/mol. The highest BCUT2D eigenvalue weighted by Gasteiger charge is 2.30. The Bertz CT molecular complexity index is 992. The first-order valence-electron chi connectivity index (χ1n) is 6.63. The fraction of sp³-hybridized carbons (Fsp3) is 0.133. The molecule has 5 heterocycles. The summed E-state index contributed by atoms with van der Waals surface area (Å²) < 4.78 is 6.66. The molecule has 5 rings (SSSR count). The van der Waals surface area contributed by atoms with E-state index in [9.17, 15) is 0 Å². The zero-order chi connectivity index (χ0) is 13.3. The number of hydrogen-bond donors (Lipinski definition) is 0. The molecule has 0 radical (unpaired) electrons. The van der Waals surface area contributed by atoms with Crippen molar-refractivity contribution < 1.29 is 4.57 Å². The van der Waals surface area contributed by atoms with Crippen LogP contribution in [0.1, 0.15) is 5.69 Å². The number of aryl methyl sites for hydroxylation is 1. The van der Waals surface area contributed by atoms with Gasteiger partial charge in [-0.1, -0.05) is 0 Å². The van der Waals surface area contributed by atoms with Gasteiger partial charge in [-0.05, 0) is 24.3 Å². The fourth-order valence-corrected chi connectivity index (χ4v) is 3.25. The molecule has 0 fully saturated rings. The molecule has 4 aromatic rings. The lowest BCUT2D eigenvalue weighted by Crippen LogP contribution is -2.30. The third-order valence-corrected chi connectivity index (χ3v) is 4.12. The second kappa shape index (κ2) is 3.25. The normalized spacial score (nSPS) is 13.1. The van der Waals surface area contributed by atoms with Gasteiger partial charge in [-0.15, -0.1) is 4.98 Å². The first-order chi connectivity index (χ1) is 9.84. The first kappa shape index (κ1) is 10.1. The zero-order valence-corrected chi connectivity index (χ0v) is 11.0. The van der Waals surface area contributed by atoms with Crippen molar-refractivity contribution >= 4 is 16.9 Å². The molecule has 5 heteroatoms. The number of rotatable bonds is 0. The van der Waals surface area contributed by atoms with Gasteiger partial charge in [-0.2, -0.15) is 0 Å². The van der Waals surface area contributed by atoms with Gasteiger partial charge in [-0.25, -0.2) is 13.5 Å². The molecule has 96 valence electrons. The summed E-state index contributed by atoms with van der Waals surface area (Å²) in [6.07, 6.45) is 5.88. The number of aromatic nitrogens is 5. The van der Waals surface area contributed by atoms with Crippen LogP contribution in [0.5, 0.6) is 0 Å². The van der Waals surface area contributed by atoms with Gasteiger partial charge >= 0.3 is 5.78 Å². The van der Waals surface area contributed by atoms with Gasteiger partial charge in [0.1, 0.15) is 12.2 Å². The Balaban J connectivity index is 1.97. The lowest BCUT2D eigenvalue weighted by molar-refractivity contribution is -0.623. The van der Waals surface area contributed by atoms with E-state index in [1.54, 1.807) is 0 Å². The van der Waals surface area contributed by atoms with Gasteiger partial charge in [0.25, 0.3) is 5.65 Å². The van der Waals surface area contributed by atoms with Crippen molar-refractivity contribution in [2.24, 2.45) is 7.05 Å². The number of imidazole rings is 2. The van der Waals surface area contributed by atoms with Crippen LogP contribution in [0.3, 0.4) is 0 Å². The number of fused-ring (bicyclic) bond motifs is 7. The third-order valence-electron chi connectivity index (χ3n) is 4.12. The van der Waals surface area contributed by atoms with E-state index in [4.69, 9.17) is 0 Å². The van der Waals surface area contributed by atoms with Crippen LogP contribution in [0, 0.1) is 0 Å². The lowest BCUT2D eigenvalue weighted by Gasteiger charge is -1.93. The molecular formula is C15H12N5+. The molecule has 20 heavy (non-hydrogen) atoms. The molecule has 0 aliphatic carbocycles. The van der Waals surface area contributed by atoms with E-state index < -0.39 is 0 Å². The molecule has 4 aromatic heterocycles. The average Bonchev–Trinajstić information content (AvgIpc) is 3.09. The monoisotopic (exact) mass is 262 g/mol. The summed E-state index contributed by atoms with van der Waals surface area (Å²) in [5.41, 5.74) is 5.74. The van der Waals surface area contributed by atoms with Crippen LogP contribution in [0.15, 0.2) is 42.9 Å². The van der Waals surface area contributed by atoms with Gasteiger partial charge in [0.2, 0.25) is 0 Å². The second-order valence-corrected chi connectivity index (χ2v) is 5.17. The van der Waals surface area contributed by atoms with Crippen LogP contribution in [-0.4, -0.2) is 18.9 Å². The van der Waals surface area contributed by atoms with Gasteiger partial charge in [-0.3, -0.25) is 4.98 Å². The minimum atomic E-state index is 0.826. The van der Waals surface area contributed by atoms with Crippen LogP contribution in [0.2, 0.25) is 0 Å². The van der Waals surface area contributed by atoms with Gasteiger partial charge in [0, 0.05) is 11.8 Å². The maximum Gasteiger partial charge on any atom is 0.329 e. The van der Waals surface area contributed by atoms with Crippen molar-refractivity contribution in [1.82, 2.24) is 18.9 Å². The molecule has 0 atom stereocenters. The van der Waals surface area contributed by atoms with Gasteiger partial charge in [0.05, 0.1) is 25.1 Å². The third kappa shape index (κ3) is 1.02. The maximum atomic E-state index is 4.48. The highest BCUT2D eigenvalue weighted by atomic mass is 15.3. The van der Waals surface area contributed by atoms with E-state index in [1.165, 1.54) is 11.3 Å². The lowest BCUT2D eigenvalue weighted by atomic mass is 10.2. The largest absolute Gasteiger partial charge is 0.329 e. The molecular weight excluding hydrogens is 250 g/mol. The first-order valence-corrected chi connectivity index (χ1v) is 6.63. The topological polar surface area (TPSA) is 39.0 Å². The van der Waals surface area contributed by atoms with Gasteiger partial charge in [0.15, 0.2) is 5.52 Å². The van der Waals surface area contributed by atoms with Crippen LogP contribution < -0.4 is 4.57 Å². The SMILES string of the molecule is C[n+]1c2ncccc2n2cc3n(c21)Cc1ncccc1-3. The summed E-state index contributed by atoms with van der Waals surface area (Å²) in [7, 11) is 2.06. The van der Waals surface area contributed by atoms with E-state index in [2.05, 4.69) is 48.9 Å². The Morgan fingerprint density at radius 3 is 2.95 bits per heavy atom. The van der Waals surface area contributed by atoms with Gasteiger partial charge < -0.3 is 0 Å². The molecule has 0 spiro atoms. The van der Waals surface area contributed by atoms with E-state index in [0.29, 0.717) is 0 Å². The molecule has 5 nitrogen and oxygen atoms in total. The molecule has 0 unspecified atom stereocenters. The van der Waals surface area contributed by atoms with E-state index in [0.717, 1.165) is 29.2 Å². The van der Waals surface area contributed by atoms with E-state index >= 15 is 0 Å². The fourth-order valence-electron chi connectivity index (χ4n) is 3.25. The van der Waals surface area contributed by atoms with Crippen LogP contribution in [0.4, 0.5) is 0 Å². The molecule has 0 saturated heterocycles. The van der Waals surface area contributed by atoms with Crippen molar-refractivity contribution in [2.75, 3.05) is 0 Å². The summed E-state index contributed by atoms with van der Waals surface area (Å²) in [4.78, 5) is 8.96. The molecule has 0 aromatic carbocycles. The van der Waals surface area contributed by atoms with Crippen molar-refractivity contribution in [3.05, 3.63) is 48.5 Å². The highest BCUT2D eigenvalue weighted by molar-refractivity contribution is 5.76. The van der Waals surface area contributed by atoms with Crippen molar-refractivity contribution in [1.29, 1.82) is 0 Å². The molecule has 0 N–H and O–H groups in total. The quantitative estimate of drug-likeness (QED) is 0.397. The Hall–Kier alpha value is -2.69. The summed E-state index contributed by atoms with van der Waals surface area (Å²) in [6.45, 7) is 0.826. The number of nitrogens with zero attached hydrogens (tertiary/aromatic N) is 5. The Morgan fingerprint density at radius 1 is 1.15 bits per heavy atom. The van der Waals surface area contributed by atoms with Crippen LogP contribution >= 0.6 is 0 Å². The highest BCUT2D eigenvalue weighted by Crippen LogP contribution is 2.33. The van der Waals surface area contributed by atoms with E-state index in [1.807, 2.05) is 24.5 Å². The molecule has 1 aliphatic rings. The molecule has 0 saturated carbocycles. The van der Waals surface area contributed by atoms with E-state index in [-0.39, 0.29) is 0 Å². The number of hydrogen-bond acceptors (Lipinski definition) is 2. The summed E-state index contributed by atoms with van der Waals surface area (Å²) in [5, 5.41) is 0. The zero-order valence-electron chi connectivity index (χ0n) is 11.0. The van der Waals surface area contributed by atoms with Crippen molar-refractivity contribution in [3.8, 4) is 11.3 Å². The van der Waals surface area contributed by atoms with Crippen LogP contribution in [-0.2, 0) is 13.6 Å². The predicted molar refractivity (Wildman–Crippen MR) is 74.2 cm³/mol.